The lowest BCUT2D eigenvalue weighted by Gasteiger charge is -2.11. The molecule has 1 aromatic rings. The second-order valence-corrected chi connectivity index (χ2v) is 6.83. The van der Waals surface area contributed by atoms with Gasteiger partial charge in [-0.05, 0) is 24.6 Å². The van der Waals surface area contributed by atoms with Gasteiger partial charge in [-0.3, -0.25) is 4.79 Å². The molecule has 0 aliphatic rings. The Labute approximate surface area is 114 Å². The number of sulfone groups is 1. The predicted molar refractivity (Wildman–Crippen MR) is 65.8 cm³/mol. The summed E-state index contributed by atoms with van der Waals surface area (Å²) in [5, 5.41) is 7.45. The van der Waals surface area contributed by atoms with Crippen molar-refractivity contribution in [3.05, 3.63) is 35.4 Å². The Hall–Kier alpha value is -1.57. The van der Waals surface area contributed by atoms with Gasteiger partial charge in [0.1, 0.15) is 0 Å². The molecule has 1 N–H and O–H groups in total. The highest BCUT2D eigenvalue weighted by molar-refractivity contribution is 7.91. The summed E-state index contributed by atoms with van der Waals surface area (Å²) >= 11 is 0. The number of carbonyl (C=O) groups is 1. The first-order valence-corrected chi connectivity index (χ1v) is 7.33. The molecule has 0 fully saturated rings. The molecule has 1 aromatic carbocycles. The largest absolute Gasteiger partial charge is 0.481 e. The van der Waals surface area contributed by atoms with Crippen LogP contribution < -0.4 is 0 Å². The van der Waals surface area contributed by atoms with E-state index in [4.69, 9.17) is 5.11 Å². The summed E-state index contributed by atoms with van der Waals surface area (Å²) in [5.74, 6) is -1.73. The minimum absolute atomic E-state index is 0.190. The molecule has 1 atom stereocenters. The Morgan fingerprint density at radius 1 is 1.25 bits per heavy atom. The van der Waals surface area contributed by atoms with Crippen molar-refractivity contribution >= 4 is 15.8 Å². The van der Waals surface area contributed by atoms with Crippen LogP contribution in [0, 0.1) is 0 Å². The zero-order chi connectivity index (χ0) is 15.6. The van der Waals surface area contributed by atoms with E-state index in [-0.39, 0.29) is 5.56 Å². The highest BCUT2D eigenvalue weighted by atomic mass is 32.2. The first kappa shape index (κ1) is 16.5. The normalized spacial score (nSPS) is 14.0. The van der Waals surface area contributed by atoms with Crippen LogP contribution in [0.2, 0.25) is 0 Å². The molecule has 1 rings (SSSR count). The summed E-state index contributed by atoms with van der Waals surface area (Å²) in [7, 11) is -3.72. The van der Waals surface area contributed by atoms with E-state index in [0.717, 1.165) is 24.3 Å². The van der Waals surface area contributed by atoms with Crippen LogP contribution in [0.3, 0.4) is 0 Å². The maximum atomic E-state index is 12.3. The van der Waals surface area contributed by atoms with E-state index in [1.54, 1.807) is 0 Å². The Bertz CT molecular complexity index is 576. The van der Waals surface area contributed by atoms with Gasteiger partial charge < -0.3 is 5.11 Å². The van der Waals surface area contributed by atoms with Crippen LogP contribution in [0.5, 0.6) is 0 Å². The van der Waals surface area contributed by atoms with E-state index in [1.165, 1.54) is 6.92 Å². The number of rotatable bonds is 5. The Kier molecular flexibility index (Phi) is 4.80. The van der Waals surface area contributed by atoms with Crippen molar-refractivity contribution in [2.45, 2.75) is 30.5 Å². The van der Waals surface area contributed by atoms with Crippen LogP contribution in [-0.4, -0.2) is 24.7 Å². The van der Waals surface area contributed by atoms with Crippen molar-refractivity contribution in [3.63, 3.8) is 0 Å². The molecule has 0 heterocycles. The molecular weight excluding hydrogens is 297 g/mol. The Morgan fingerprint density at radius 3 is 2.15 bits per heavy atom. The maximum Gasteiger partial charge on any atom is 0.416 e. The lowest BCUT2D eigenvalue weighted by atomic mass is 10.1. The van der Waals surface area contributed by atoms with Gasteiger partial charge in [0.25, 0.3) is 0 Å². The summed E-state index contributed by atoms with van der Waals surface area (Å²) in [6.45, 7) is 1.26. The minimum atomic E-state index is -4.48. The SMILES string of the molecule is CC(CC(=O)O)S(=O)(=O)Cc1ccc(C(F)(F)F)cc1. The van der Waals surface area contributed by atoms with Gasteiger partial charge >= 0.3 is 12.1 Å². The minimum Gasteiger partial charge on any atom is -0.481 e. The molecule has 0 aliphatic carbocycles. The average molecular weight is 310 g/mol. The van der Waals surface area contributed by atoms with Gasteiger partial charge in [0, 0.05) is 0 Å². The highest BCUT2D eigenvalue weighted by Crippen LogP contribution is 2.29. The Morgan fingerprint density at radius 2 is 1.75 bits per heavy atom. The van der Waals surface area contributed by atoms with Crippen molar-refractivity contribution in [2.75, 3.05) is 0 Å². The molecule has 0 aromatic heterocycles. The molecule has 20 heavy (non-hydrogen) atoms. The van der Waals surface area contributed by atoms with Crippen LogP contribution in [0.15, 0.2) is 24.3 Å². The van der Waals surface area contributed by atoms with Crippen molar-refractivity contribution in [1.29, 1.82) is 0 Å². The molecule has 0 spiro atoms. The number of alkyl halides is 3. The third-order valence-electron chi connectivity index (χ3n) is 2.72. The fourth-order valence-corrected chi connectivity index (χ4v) is 2.88. The van der Waals surface area contributed by atoms with Crippen LogP contribution in [0.1, 0.15) is 24.5 Å². The number of benzene rings is 1. The molecule has 8 heteroatoms. The zero-order valence-electron chi connectivity index (χ0n) is 10.5. The molecule has 0 aliphatic heterocycles. The van der Waals surface area contributed by atoms with Gasteiger partial charge in [-0.25, -0.2) is 8.42 Å². The van der Waals surface area contributed by atoms with Gasteiger partial charge in [0.2, 0.25) is 0 Å². The lowest BCUT2D eigenvalue weighted by molar-refractivity contribution is -0.138. The highest BCUT2D eigenvalue weighted by Gasteiger charge is 2.30. The molecule has 0 saturated heterocycles. The third kappa shape index (κ3) is 4.52. The maximum absolute atomic E-state index is 12.3. The first-order valence-electron chi connectivity index (χ1n) is 5.62. The van der Waals surface area contributed by atoms with E-state index in [9.17, 15) is 26.4 Å². The fourth-order valence-electron chi connectivity index (χ4n) is 1.54. The molecule has 0 amide bonds. The van der Waals surface area contributed by atoms with Crippen LogP contribution in [0.25, 0.3) is 0 Å². The van der Waals surface area contributed by atoms with Crippen molar-refractivity contribution in [1.82, 2.24) is 0 Å². The van der Waals surface area contributed by atoms with Crippen molar-refractivity contribution in [2.24, 2.45) is 0 Å². The molecule has 112 valence electrons. The fraction of sp³-hybridized carbons (Fsp3) is 0.417. The number of hydrogen-bond acceptors (Lipinski definition) is 3. The van der Waals surface area contributed by atoms with Crippen LogP contribution in [-0.2, 0) is 26.6 Å². The summed E-state index contributed by atoms with van der Waals surface area (Å²) in [4.78, 5) is 10.5. The van der Waals surface area contributed by atoms with Crippen LogP contribution >= 0.6 is 0 Å². The average Bonchev–Trinajstić information content (AvgIpc) is 2.26. The number of halogens is 3. The summed E-state index contributed by atoms with van der Waals surface area (Å²) < 4.78 is 60.7. The van der Waals surface area contributed by atoms with Gasteiger partial charge in [-0.2, -0.15) is 13.2 Å². The van der Waals surface area contributed by atoms with Gasteiger partial charge in [0.15, 0.2) is 9.84 Å². The zero-order valence-corrected chi connectivity index (χ0v) is 11.3. The van der Waals surface area contributed by atoms with Gasteiger partial charge in [-0.15, -0.1) is 0 Å². The van der Waals surface area contributed by atoms with Crippen LogP contribution in [0.4, 0.5) is 13.2 Å². The molecular formula is C12H13F3O4S. The topological polar surface area (TPSA) is 71.4 Å². The lowest BCUT2D eigenvalue weighted by Crippen LogP contribution is -2.22. The summed E-state index contributed by atoms with van der Waals surface area (Å²) in [5.41, 5.74) is -0.674. The monoisotopic (exact) mass is 310 g/mol. The van der Waals surface area contributed by atoms with E-state index in [1.807, 2.05) is 0 Å². The predicted octanol–water partition coefficient (Wildman–Crippen LogP) is 2.48. The molecule has 0 bridgehead atoms. The van der Waals surface area contributed by atoms with E-state index in [2.05, 4.69) is 0 Å². The number of carboxylic acid groups (broad SMARTS) is 1. The molecule has 1 unspecified atom stereocenters. The van der Waals surface area contributed by atoms with E-state index < -0.39 is 45.0 Å². The van der Waals surface area contributed by atoms with Crippen molar-refractivity contribution < 1.29 is 31.5 Å². The van der Waals surface area contributed by atoms with Gasteiger partial charge in [-0.1, -0.05) is 12.1 Å². The second-order valence-electron chi connectivity index (χ2n) is 4.41. The molecule has 0 radical (unpaired) electrons. The summed E-state index contributed by atoms with van der Waals surface area (Å²) in [6.07, 6.45) is -5.02. The number of hydrogen-bond donors (Lipinski definition) is 1. The third-order valence-corrected chi connectivity index (χ3v) is 4.85. The Balaban J connectivity index is 2.86. The second kappa shape index (κ2) is 5.82. The van der Waals surface area contributed by atoms with Crippen molar-refractivity contribution in [3.8, 4) is 0 Å². The summed E-state index contributed by atoms with van der Waals surface area (Å²) in [6, 6.07) is 3.75. The molecule has 0 saturated carbocycles. The molecule has 4 nitrogen and oxygen atoms in total. The van der Waals surface area contributed by atoms with E-state index >= 15 is 0 Å². The quantitative estimate of drug-likeness (QED) is 0.907. The smallest absolute Gasteiger partial charge is 0.416 e. The number of carboxylic acids is 1. The number of aliphatic carboxylic acids is 1. The standard InChI is InChI=1S/C12H13F3O4S/c1-8(6-11(16)17)20(18,19)7-9-2-4-10(5-3-9)12(13,14)15/h2-5,8H,6-7H2,1H3,(H,16,17). The first-order chi connectivity index (χ1) is 9.02. The van der Waals surface area contributed by atoms with E-state index in [0.29, 0.717) is 0 Å². The van der Waals surface area contributed by atoms with Gasteiger partial charge in [0.05, 0.1) is 23.0 Å².